The summed E-state index contributed by atoms with van der Waals surface area (Å²) >= 11 is 0. The van der Waals surface area contributed by atoms with Crippen LogP contribution in [0.15, 0.2) is 24.3 Å². The average molecular weight is 260 g/mol. The first kappa shape index (κ1) is 12.3. The lowest BCUT2D eigenvalue weighted by Gasteiger charge is -2.22. The molecule has 1 aromatic rings. The van der Waals surface area contributed by atoms with Crippen molar-refractivity contribution >= 4 is 17.5 Å². The fraction of sp³-hybridized carbons (Fsp3) is 0.533. The highest BCUT2D eigenvalue weighted by Crippen LogP contribution is 2.48. The molecule has 19 heavy (non-hydrogen) atoms. The number of rotatable bonds is 4. The molecule has 1 aromatic carbocycles. The van der Waals surface area contributed by atoms with Crippen molar-refractivity contribution < 1.29 is 9.53 Å². The monoisotopic (exact) mass is 260 g/mol. The summed E-state index contributed by atoms with van der Waals surface area (Å²) in [6.45, 7) is 5.65. The van der Waals surface area contributed by atoms with Gasteiger partial charge >= 0.3 is 6.09 Å². The minimum absolute atomic E-state index is 0.251. The van der Waals surface area contributed by atoms with Gasteiger partial charge < -0.3 is 10.1 Å². The highest BCUT2D eigenvalue weighted by molar-refractivity contribution is 5.89. The Morgan fingerprint density at radius 1 is 1.42 bits per heavy atom. The van der Waals surface area contributed by atoms with E-state index in [4.69, 9.17) is 4.74 Å². The minimum Gasteiger partial charge on any atom is -0.447 e. The summed E-state index contributed by atoms with van der Waals surface area (Å²) in [5.74, 6) is 0. The van der Waals surface area contributed by atoms with Gasteiger partial charge in [-0.25, -0.2) is 4.79 Å². The number of anilines is 2. The van der Waals surface area contributed by atoms with E-state index in [-0.39, 0.29) is 6.09 Å². The van der Waals surface area contributed by atoms with E-state index in [0.717, 1.165) is 11.4 Å². The van der Waals surface area contributed by atoms with Gasteiger partial charge in [-0.1, -0.05) is 13.0 Å². The Kier molecular flexibility index (Phi) is 2.88. The molecule has 1 aliphatic carbocycles. The maximum absolute atomic E-state index is 11.6. The highest BCUT2D eigenvalue weighted by Gasteiger charge is 2.42. The molecule has 1 atom stereocenters. The zero-order valence-electron chi connectivity index (χ0n) is 11.5. The summed E-state index contributed by atoms with van der Waals surface area (Å²) in [7, 11) is 0. The average Bonchev–Trinajstić information content (AvgIpc) is 3.00. The first-order chi connectivity index (χ1) is 9.08. The SMILES string of the molecule is CC(Nc1cccc(N2CCOC2=O)c1)C1(C)CC1. The van der Waals surface area contributed by atoms with Crippen LogP contribution in [0.4, 0.5) is 16.2 Å². The van der Waals surface area contributed by atoms with Gasteiger partial charge in [0.1, 0.15) is 6.61 Å². The van der Waals surface area contributed by atoms with Gasteiger partial charge in [-0.2, -0.15) is 0 Å². The highest BCUT2D eigenvalue weighted by atomic mass is 16.6. The minimum atomic E-state index is -0.251. The molecule has 2 aliphatic rings. The van der Waals surface area contributed by atoms with Gasteiger partial charge in [0.05, 0.1) is 6.54 Å². The Morgan fingerprint density at radius 3 is 2.84 bits per heavy atom. The molecule has 1 N–H and O–H groups in total. The number of hydrogen-bond acceptors (Lipinski definition) is 3. The standard InChI is InChI=1S/C15H20N2O2/c1-11(15(2)6-7-15)16-12-4-3-5-13(10-12)17-8-9-19-14(17)18/h3-5,10-11,16H,6-9H2,1-2H3. The van der Waals surface area contributed by atoms with E-state index in [0.29, 0.717) is 24.6 Å². The van der Waals surface area contributed by atoms with Crippen LogP contribution in [-0.2, 0) is 4.74 Å². The summed E-state index contributed by atoms with van der Waals surface area (Å²) in [6.07, 6.45) is 2.33. The van der Waals surface area contributed by atoms with Gasteiger partial charge in [0.15, 0.2) is 0 Å². The first-order valence-corrected chi connectivity index (χ1v) is 6.89. The zero-order valence-corrected chi connectivity index (χ0v) is 11.5. The van der Waals surface area contributed by atoms with Gasteiger partial charge in [-0.15, -0.1) is 0 Å². The van der Waals surface area contributed by atoms with Gasteiger partial charge in [0.2, 0.25) is 0 Å². The fourth-order valence-electron chi connectivity index (χ4n) is 2.45. The van der Waals surface area contributed by atoms with Gasteiger partial charge in [0, 0.05) is 17.4 Å². The number of cyclic esters (lactones) is 1. The lowest BCUT2D eigenvalue weighted by Crippen LogP contribution is -2.26. The van der Waals surface area contributed by atoms with Crippen LogP contribution in [0.25, 0.3) is 0 Å². The van der Waals surface area contributed by atoms with Crippen LogP contribution in [-0.4, -0.2) is 25.3 Å². The molecular formula is C15H20N2O2. The number of carbonyl (C=O) groups excluding carboxylic acids is 1. The second-order valence-corrected chi connectivity index (χ2v) is 5.84. The maximum Gasteiger partial charge on any atom is 0.414 e. The molecule has 1 aliphatic heterocycles. The molecule has 1 saturated carbocycles. The van der Waals surface area contributed by atoms with Crippen molar-refractivity contribution in [2.24, 2.45) is 5.41 Å². The van der Waals surface area contributed by atoms with Crippen LogP contribution >= 0.6 is 0 Å². The molecule has 2 fully saturated rings. The third-order valence-corrected chi connectivity index (χ3v) is 4.39. The normalized spacial score (nSPS) is 22.0. The predicted octanol–water partition coefficient (Wildman–Crippen LogP) is 3.24. The maximum atomic E-state index is 11.6. The zero-order chi connectivity index (χ0) is 13.5. The number of amides is 1. The second kappa shape index (κ2) is 4.44. The van der Waals surface area contributed by atoms with E-state index in [1.165, 1.54) is 12.8 Å². The van der Waals surface area contributed by atoms with Gasteiger partial charge in [-0.3, -0.25) is 4.90 Å². The Labute approximate surface area is 113 Å². The number of nitrogens with one attached hydrogen (secondary N) is 1. The fourth-order valence-corrected chi connectivity index (χ4v) is 2.45. The Balaban J connectivity index is 1.74. The third kappa shape index (κ3) is 2.39. The van der Waals surface area contributed by atoms with Crippen molar-refractivity contribution in [1.82, 2.24) is 0 Å². The van der Waals surface area contributed by atoms with Crippen LogP contribution in [0.2, 0.25) is 0 Å². The number of benzene rings is 1. The Hall–Kier alpha value is -1.71. The number of hydrogen-bond donors (Lipinski definition) is 1. The van der Waals surface area contributed by atoms with E-state index in [1.807, 2.05) is 24.3 Å². The largest absolute Gasteiger partial charge is 0.447 e. The summed E-state index contributed by atoms with van der Waals surface area (Å²) in [5, 5.41) is 3.54. The smallest absolute Gasteiger partial charge is 0.414 e. The predicted molar refractivity (Wildman–Crippen MR) is 75.6 cm³/mol. The van der Waals surface area contributed by atoms with Gasteiger partial charge in [0.25, 0.3) is 0 Å². The van der Waals surface area contributed by atoms with Crippen molar-refractivity contribution in [3.63, 3.8) is 0 Å². The topological polar surface area (TPSA) is 41.6 Å². The van der Waals surface area contributed by atoms with Crippen LogP contribution in [0, 0.1) is 5.41 Å². The molecule has 1 unspecified atom stereocenters. The van der Waals surface area contributed by atoms with Crippen LogP contribution in [0.1, 0.15) is 26.7 Å². The molecule has 102 valence electrons. The molecule has 0 spiro atoms. The van der Waals surface area contributed by atoms with Crippen molar-refractivity contribution in [3.05, 3.63) is 24.3 Å². The van der Waals surface area contributed by atoms with E-state index >= 15 is 0 Å². The summed E-state index contributed by atoms with van der Waals surface area (Å²) in [6, 6.07) is 8.45. The van der Waals surface area contributed by atoms with Crippen molar-refractivity contribution in [3.8, 4) is 0 Å². The van der Waals surface area contributed by atoms with E-state index in [9.17, 15) is 4.79 Å². The summed E-state index contributed by atoms with van der Waals surface area (Å²) in [4.78, 5) is 13.2. The molecule has 1 saturated heterocycles. The third-order valence-electron chi connectivity index (χ3n) is 4.39. The van der Waals surface area contributed by atoms with E-state index in [1.54, 1.807) is 4.90 Å². The van der Waals surface area contributed by atoms with Crippen molar-refractivity contribution in [2.45, 2.75) is 32.7 Å². The van der Waals surface area contributed by atoms with E-state index in [2.05, 4.69) is 19.2 Å². The van der Waals surface area contributed by atoms with Crippen LogP contribution < -0.4 is 10.2 Å². The number of nitrogens with zero attached hydrogens (tertiary/aromatic N) is 1. The molecule has 0 bridgehead atoms. The molecule has 0 radical (unpaired) electrons. The number of carbonyl (C=O) groups is 1. The van der Waals surface area contributed by atoms with Crippen molar-refractivity contribution in [1.29, 1.82) is 0 Å². The van der Waals surface area contributed by atoms with Crippen molar-refractivity contribution in [2.75, 3.05) is 23.4 Å². The second-order valence-electron chi connectivity index (χ2n) is 5.84. The summed E-state index contributed by atoms with van der Waals surface area (Å²) < 4.78 is 4.97. The molecule has 1 amide bonds. The Bertz CT molecular complexity index is 497. The molecule has 4 nitrogen and oxygen atoms in total. The molecule has 1 heterocycles. The molecular weight excluding hydrogens is 240 g/mol. The molecule has 0 aromatic heterocycles. The summed E-state index contributed by atoms with van der Waals surface area (Å²) in [5.41, 5.74) is 2.40. The Morgan fingerprint density at radius 2 is 2.21 bits per heavy atom. The van der Waals surface area contributed by atoms with E-state index < -0.39 is 0 Å². The van der Waals surface area contributed by atoms with Crippen LogP contribution in [0.3, 0.4) is 0 Å². The van der Waals surface area contributed by atoms with Gasteiger partial charge in [-0.05, 0) is 43.4 Å². The molecule has 3 rings (SSSR count). The lowest BCUT2D eigenvalue weighted by molar-refractivity contribution is 0.181. The lowest BCUT2D eigenvalue weighted by atomic mass is 10.0. The molecule has 4 heteroatoms. The first-order valence-electron chi connectivity index (χ1n) is 6.89. The number of ether oxygens (including phenoxy) is 1. The van der Waals surface area contributed by atoms with Crippen LogP contribution in [0.5, 0.6) is 0 Å². The quantitative estimate of drug-likeness (QED) is 0.903.